The number of rotatable bonds is 3. The summed E-state index contributed by atoms with van der Waals surface area (Å²) in [5, 5.41) is 0.0346. The Morgan fingerprint density at radius 1 is 1.33 bits per heavy atom. The van der Waals surface area contributed by atoms with Crippen LogP contribution >= 0.6 is 23.2 Å². The summed E-state index contributed by atoms with van der Waals surface area (Å²) in [6.45, 7) is -0.170. The minimum atomic E-state index is -3.96. The van der Waals surface area contributed by atoms with E-state index in [0.29, 0.717) is 5.69 Å². The van der Waals surface area contributed by atoms with Gasteiger partial charge in [-0.05, 0) is 18.2 Å². The van der Waals surface area contributed by atoms with Crippen molar-refractivity contribution in [3.63, 3.8) is 0 Å². The lowest BCUT2D eigenvalue weighted by atomic mass is 10.2. The standard InChI is InChI=1S/C14H11Cl2N3O4S/c1-19-11-4-2-3-10(13(11)23-7-12(19)20)18-24(21,22)8-5-9(15)14(16)17-6-8/h2-6,18H,7H2,1H3. The fourth-order valence-corrected chi connectivity index (χ4v) is 3.51. The average molecular weight is 388 g/mol. The van der Waals surface area contributed by atoms with E-state index in [0.717, 1.165) is 6.20 Å². The van der Waals surface area contributed by atoms with Crippen molar-refractivity contribution in [1.29, 1.82) is 0 Å². The number of halogens is 2. The van der Waals surface area contributed by atoms with Crippen molar-refractivity contribution in [2.24, 2.45) is 0 Å². The van der Waals surface area contributed by atoms with Gasteiger partial charge in [0.05, 0.1) is 16.4 Å². The molecule has 0 saturated carbocycles. The van der Waals surface area contributed by atoms with Crippen LogP contribution in [0.3, 0.4) is 0 Å². The monoisotopic (exact) mass is 387 g/mol. The number of carbonyl (C=O) groups excluding carboxylic acids is 1. The number of amides is 1. The molecule has 1 amide bonds. The van der Waals surface area contributed by atoms with Gasteiger partial charge in [0, 0.05) is 13.2 Å². The molecule has 3 rings (SSSR count). The molecule has 2 heterocycles. The first-order chi connectivity index (χ1) is 11.3. The molecule has 0 unspecified atom stereocenters. The summed E-state index contributed by atoms with van der Waals surface area (Å²) < 4.78 is 32.8. The predicted molar refractivity (Wildman–Crippen MR) is 90.4 cm³/mol. The highest BCUT2D eigenvalue weighted by Crippen LogP contribution is 2.39. The summed E-state index contributed by atoms with van der Waals surface area (Å²) in [5.74, 6) is 0.0485. The van der Waals surface area contributed by atoms with Gasteiger partial charge in [0.25, 0.3) is 15.9 Å². The van der Waals surface area contributed by atoms with Crippen LogP contribution in [0.15, 0.2) is 35.4 Å². The second kappa shape index (κ2) is 6.12. The molecule has 1 N–H and O–H groups in total. The minimum absolute atomic E-state index is 0.0103. The number of fused-ring (bicyclic) bond motifs is 1. The van der Waals surface area contributed by atoms with Crippen molar-refractivity contribution in [1.82, 2.24) is 4.98 Å². The Labute approximate surface area is 148 Å². The van der Waals surface area contributed by atoms with Crippen molar-refractivity contribution in [2.75, 3.05) is 23.3 Å². The van der Waals surface area contributed by atoms with Gasteiger partial charge in [-0.2, -0.15) is 0 Å². The Hall–Kier alpha value is -2.03. The molecule has 0 aliphatic carbocycles. The van der Waals surface area contributed by atoms with Crippen LogP contribution in [0.1, 0.15) is 0 Å². The molecule has 7 nitrogen and oxygen atoms in total. The van der Waals surface area contributed by atoms with Gasteiger partial charge in [0.1, 0.15) is 10.0 Å². The summed E-state index contributed by atoms with van der Waals surface area (Å²) in [6, 6.07) is 6.00. The van der Waals surface area contributed by atoms with Crippen LogP contribution in [0.5, 0.6) is 5.75 Å². The molecule has 24 heavy (non-hydrogen) atoms. The second-order valence-corrected chi connectivity index (χ2v) is 7.39. The second-order valence-electron chi connectivity index (χ2n) is 4.94. The summed E-state index contributed by atoms with van der Waals surface area (Å²) in [7, 11) is -2.37. The fourth-order valence-electron chi connectivity index (χ4n) is 2.14. The minimum Gasteiger partial charge on any atom is -0.479 e. The normalized spacial score (nSPS) is 14.1. The van der Waals surface area contributed by atoms with Crippen LogP contribution in [0.4, 0.5) is 11.4 Å². The molecular weight excluding hydrogens is 377 g/mol. The van der Waals surface area contributed by atoms with Crippen molar-refractivity contribution in [3.8, 4) is 5.75 Å². The number of sulfonamides is 1. The number of carbonyl (C=O) groups is 1. The first-order valence-corrected chi connectivity index (χ1v) is 8.90. The highest BCUT2D eigenvalue weighted by atomic mass is 35.5. The summed E-state index contributed by atoms with van der Waals surface area (Å²) >= 11 is 11.5. The van der Waals surface area contributed by atoms with Gasteiger partial charge in [-0.1, -0.05) is 29.3 Å². The number of aromatic nitrogens is 1. The number of nitrogens with one attached hydrogen (secondary N) is 1. The first-order valence-electron chi connectivity index (χ1n) is 6.66. The van der Waals surface area contributed by atoms with E-state index in [1.165, 1.54) is 17.0 Å². The van der Waals surface area contributed by atoms with E-state index in [9.17, 15) is 13.2 Å². The SMILES string of the molecule is CN1C(=O)COc2c(NS(=O)(=O)c3cnc(Cl)c(Cl)c3)cccc21. The molecule has 0 fully saturated rings. The van der Waals surface area contributed by atoms with Gasteiger partial charge >= 0.3 is 0 Å². The quantitative estimate of drug-likeness (QED) is 0.817. The van der Waals surface area contributed by atoms with Crippen LogP contribution in [-0.4, -0.2) is 33.0 Å². The van der Waals surface area contributed by atoms with E-state index < -0.39 is 10.0 Å². The third-order valence-corrected chi connectivity index (χ3v) is 5.41. The van der Waals surface area contributed by atoms with E-state index in [1.807, 2.05) is 0 Å². The van der Waals surface area contributed by atoms with E-state index in [2.05, 4.69) is 9.71 Å². The largest absolute Gasteiger partial charge is 0.479 e. The van der Waals surface area contributed by atoms with E-state index >= 15 is 0 Å². The third kappa shape index (κ3) is 3.00. The smallest absolute Gasteiger partial charge is 0.264 e. The number of likely N-dealkylation sites (N-methyl/N-ethyl adjacent to an activating group) is 1. The third-order valence-electron chi connectivity index (χ3n) is 3.40. The van der Waals surface area contributed by atoms with Crippen LogP contribution in [0, 0.1) is 0 Å². The average Bonchev–Trinajstić information content (AvgIpc) is 2.53. The van der Waals surface area contributed by atoms with Crippen LogP contribution in [0.2, 0.25) is 10.2 Å². The Kier molecular flexibility index (Phi) is 4.29. The first kappa shape index (κ1) is 16.8. The van der Waals surface area contributed by atoms with Crippen molar-refractivity contribution < 1.29 is 17.9 Å². The zero-order valence-electron chi connectivity index (χ0n) is 12.3. The van der Waals surface area contributed by atoms with Crippen molar-refractivity contribution in [3.05, 3.63) is 40.6 Å². The number of hydrogen-bond donors (Lipinski definition) is 1. The van der Waals surface area contributed by atoms with Gasteiger partial charge in [0.2, 0.25) is 0 Å². The van der Waals surface area contributed by atoms with Crippen molar-refractivity contribution >= 4 is 50.5 Å². The Balaban J connectivity index is 1.99. The molecule has 0 bridgehead atoms. The number of hydrogen-bond acceptors (Lipinski definition) is 5. The van der Waals surface area contributed by atoms with E-state index in [4.69, 9.17) is 27.9 Å². The molecule has 1 aliphatic rings. The van der Waals surface area contributed by atoms with Crippen LogP contribution < -0.4 is 14.4 Å². The number of nitrogens with zero attached hydrogens (tertiary/aromatic N) is 2. The lowest BCUT2D eigenvalue weighted by Gasteiger charge is -2.27. The van der Waals surface area contributed by atoms with Crippen LogP contribution in [-0.2, 0) is 14.8 Å². The van der Waals surface area contributed by atoms with Gasteiger partial charge in [-0.3, -0.25) is 9.52 Å². The maximum atomic E-state index is 12.5. The van der Waals surface area contributed by atoms with Gasteiger partial charge in [0.15, 0.2) is 12.4 Å². The molecule has 0 saturated heterocycles. The molecule has 1 aromatic carbocycles. The number of benzene rings is 1. The summed E-state index contributed by atoms with van der Waals surface area (Å²) in [5.41, 5.74) is 0.677. The topological polar surface area (TPSA) is 88.6 Å². The molecule has 0 radical (unpaired) electrons. The lowest BCUT2D eigenvalue weighted by molar-refractivity contribution is -0.120. The molecule has 2 aromatic rings. The number of ether oxygens (including phenoxy) is 1. The highest BCUT2D eigenvalue weighted by molar-refractivity contribution is 7.92. The van der Waals surface area contributed by atoms with E-state index in [-0.39, 0.29) is 39.0 Å². The maximum absolute atomic E-state index is 12.5. The van der Waals surface area contributed by atoms with Crippen LogP contribution in [0.25, 0.3) is 0 Å². The number of para-hydroxylation sites is 1. The Morgan fingerprint density at radius 2 is 2.08 bits per heavy atom. The van der Waals surface area contributed by atoms with E-state index in [1.54, 1.807) is 19.2 Å². The molecule has 126 valence electrons. The lowest BCUT2D eigenvalue weighted by Crippen LogP contribution is -2.35. The zero-order valence-corrected chi connectivity index (χ0v) is 14.6. The fraction of sp³-hybridized carbons (Fsp3) is 0.143. The van der Waals surface area contributed by atoms with Gasteiger partial charge in [-0.15, -0.1) is 0 Å². The highest BCUT2D eigenvalue weighted by Gasteiger charge is 2.26. The molecule has 1 aliphatic heterocycles. The summed E-state index contributed by atoms with van der Waals surface area (Å²) in [4.78, 5) is 16.7. The van der Waals surface area contributed by atoms with Gasteiger partial charge in [-0.25, -0.2) is 13.4 Å². The molecule has 0 spiro atoms. The number of anilines is 2. The molecular formula is C14H11Cl2N3O4S. The predicted octanol–water partition coefficient (Wildman–Crippen LogP) is 2.54. The molecule has 10 heteroatoms. The Bertz CT molecular complexity index is 934. The van der Waals surface area contributed by atoms with Gasteiger partial charge < -0.3 is 9.64 Å². The maximum Gasteiger partial charge on any atom is 0.264 e. The zero-order chi connectivity index (χ0) is 17.5. The number of pyridine rings is 1. The molecule has 1 aromatic heterocycles. The Morgan fingerprint density at radius 3 is 2.79 bits per heavy atom. The summed E-state index contributed by atoms with van der Waals surface area (Å²) in [6.07, 6.45) is 1.10. The van der Waals surface area contributed by atoms with Crippen molar-refractivity contribution in [2.45, 2.75) is 4.90 Å². The molecule has 0 atom stereocenters.